The Labute approximate surface area is 173 Å². The standard InChI is InChI=1S/C17H18ClN7O5/c18-8-3-1-7(2-4-8)5-20-24-17-21-10-13(22-16(19)23-14(10)29)25(17)15-12(28)11(27)9(6-26)30-15/h1-5,9,11-12,15,26-28H,6H2,(H,21,24)(H3,19,22,23,29)/b20-5-/t9-,11-,12+,15-/m1/s1. The summed E-state index contributed by atoms with van der Waals surface area (Å²) in [6, 6.07) is 6.89. The number of hydrogen-bond acceptors (Lipinski definition) is 10. The molecule has 4 atom stereocenters. The highest BCUT2D eigenvalue weighted by Gasteiger charge is 2.45. The van der Waals surface area contributed by atoms with Crippen molar-refractivity contribution < 1.29 is 20.1 Å². The van der Waals surface area contributed by atoms with Crippen LogP contribution in [0, 0.1) is 0 Å². The first-order valence-corrected chi connectivity index (χ1v) is 9.21. The predicted octanol–water partition coefficient (Wildman–Crippen LogP) is -0.587. The minimum atomic E-state index is -1.43. The number of ether oxygens (including phenoxy) is 1. The van der Waals surface area contributed by atoms with E-state index in [1.165, 1.54) is 10.8 Å². The minimum Gasteiger partial charge on any atom is -0.394 e. The van der Waals surface area contributed by atoms with Crippen LogP contribution in [0.3, 0.4) is 0 Å². The van der Waals surface area contributed by atoms with Gasteiger partial charge in [-0.25, -0.2) is 10.4 Å². The SMILES string of the molecule is Nc1nc2c(nc(N/N=C\c3ccc(Cl)cc3)n2[C@@H]2O[C@H](CO)[C@@H](O)[C@@H]2O)c(=O)[nH]1. The minimum absolute atomic E-state index is 0.00801. The molecule has 1 aliphatic heterocycles. The maximum absolute atomic E-state index is 12.3. The monoisotopic (exact) mass is 435 g/mol. The number of nitrogen functional groups attached to an aromatic ring is 1. The van der Waals surface area contributed by atoms with Gasteiger partial charge < -0.3 is 25.8 Å². The van der Waals surface area contributed by atoms with Crippen molar-refractivity contribution in [2.75, 3.05) is 17.8 Å². The van der Waals surface area contributed by atoms with Crippen LogP contribution in [0.2, 0.25) is 5.02 Å². The molecule has 1 aliphatic rings. The summed E-state index contributed by atoms with van der Waals surface area (Å²) in [7, 11) is 0. The maximum Gasteiger partial charge on any atom is 0.280 e. The zero-order valence-corrected chi connectivity index (χ0v) is 16.1. The number of hydrazone groups is 1. The molecule has 12 nitrogen and oxygen atoms in total. The van der Waals surface area contributed by atoms with E-state index in [-0.39, 0.29) is 23.1 Å². The number of nitrogens with one attached hydrogen (secondary N) is 2. The molecule has 1 saturated heterocycles. The second kappa shape index (κ2) is 8.01. The molecular formula is C17H18ClN7O5. The molecule has 158 valence electrons. The quantitative estimate of drug-likeness (QED) is 0.225. The number of nitrogens with two attached hydrogens (primary N) is 1. The molecule has 2 aromatic heterocycles. The summed E-state index contributed by atoms with van der Waals surface area (Å²) in [6.07, 6.45) is -3.54. The van der Waals surface area contributed by atoms with Gasteiger partial charge in [0.25, 0.3) is 5.56 Å². The zero-order valence-electron chi connectivity index (χ0n) is 15.3. The predicted molar refractivity (Wildman–Crippen MR) is 108 cm³/mol. The summed E-state index contributed by atoms with van der Waals surface area (Å²) in [6.45, 7) is -0.519. The number of H-pyrrole nitrogens is 1. The Balaban J connectivity index is 1.75. The summed E-state index contributed by atoms with van der Waals surface area (Å²) in [5, 5.41) is 34.6. The van der Waals surface area contributed by atoms with Crippen LogP contribution in [0.25, 0.3) is 11.2 Å². The molecule has 3 heterocycles. The largest absolute Gasteiger partial charge is 0.394 e. The van der Waals surface area contributed by atoms with Gasteiger partial charge in [0.2, 0.25) is 11.9 Å². The summed E-state index contributed by atoms with van der Waals surface area (Å²) in [5.41, 5.74) is 8.39. The maximum atomic E-state index is 12.3. The Bertz CT molecular complexity index is 1150. The number of halogens is 1. The van der Waals surface area contributed by atoms with E-state index in [1.54, 1.807) is 24.3 Å². The van der Waals surface area contributed by atoms with Crippen molar-refractivity contribution in [1.29, 1.82) is 0 Å². The van der Waals surface area contributed by atoms with E-state index in [1.807, 2.05) is 0 Å². The van der Waals surface area contributed by atoms with Gasteiger partial charge in [0.1, 0.15) is 18.3 Å². The van der Waals surface area contributed by atoms with Gasteiger partial charge in [0, 0.05) is 5.02 Å². The van der Waals surface area contributed by atoms with E-state index < -0.39 is 36.7 Å². The lowest BCUT2D eigenvalue weighted by Gasteiger charge is -2.18. The van der Waals surface area contributed by atoms with Crippen LogP contribution in [0.15, 0.2) is 34.2 Å². The fourth-order valence-electron chi connectivity index (χ4n) is 3.13. The van der Waals surface area contributed by atoms with Crippen molar-refractivity contribution in [3.63, 3.8) is 0 Å². The molecule has 0 saturated carbocycles. The Hall–Kier alpha value is -3.03. The number of aliphatic hydroxyl groups excluding tert-OH is 3. The highest BCUT2D eigenvalue weighted by atomic mass is 35.5. The number of benzene rings is 1. The molecule has 0 aliphatic carbocycles. The van der Waals surface area contributed by atoms with Crippen LogP contribution >= 0.6 is 11.6 Å². The third kappa shape index (κ3) is 3.62. The van der Waals surface area contributed by atoms with Gasteiger partial charge in [0.15, 0.2) is 17.4 Å². The van der Waals surface area contributed by atoms with Crippen LogP contribution in [-0.2, 0) is 4.74 Å². The molecule has 0 amide bonds. The number of rotatable bonds is 5. The number of hydrogen-bond donors (Lipinski definition) is 6. The number of anilines is 2. The number of aromatic amines is 1. The average Bonchev–Trinajstić information content (AvgIpc) is 3.21. The molecule has 30 heavy (non-hydrogen) atoms. The molecule has 0 bridgehead atoms. The highest BCUT2D eigenvalue weighted by molar-refractivity contribution is 6.30. The van der Waals surface area contributed by atoms with Gasteiger partial charge in [-0.2, -0.15) is 10.1 Å². The van der Waals surface area contributed by atoms with Crippen LogP contribution in [0.4, 0.5) is 11.9 Å². The van der Waals surface area contributed by atoms with Crippen LogP contribution in [0.5, 0.6) is 0 Å². The van der Waals surface area contributed by atoms with Gasteiger partial charge >= 0.3 is 0 Å². The van der Waals surface area contributed by atoms with Crippen LogP contribution in [-0.4, -0.2) is 66.0 Å². The second-order valence-corrected chi connectivity index (χ2v) is 7.02. The van der Waals surface area contributed by atoms with E-state index in [0.29, 0.717) is 5.02 Å². The number of fused-ring (bicyclic) bond motifs is 1. The highest BCUT2D eigenvalue weighted by Crippen LogP contribution is 2.33. The third-order valence-corrected chi connectivity index (χ3v) is 4.84. The normalized spacial score (nSPS) is 24.1. The first kappa shape index (κ1) is 20.3. The van der Waals surface area contributed by atoms with Crippen molar-refractivity contribution >= 4 is 40.9 Å². The number of nitrogens with zero attached hydrogens (tertiary/aromatic N) is 4. The van der Waals surface area contributed by atoms with Crippen LogP contribution < -0.4 is 16.7 Å². The Kier molecular flexibility index (Phi) is 5.40. The molecule has 7 N–H and O–H groups in total. The average molecular weight is 436 g/mol. The number of imidazole rings is 1. The van der Waals surface area contributed by atoms with E-state index >= 15 is 0 Å². The Morgan fingerprint density at radius 3 is 2.70 bits per heavy atom. The zero-order chi connectivity index (χ0) is 21.4. The van der Waals surface area contributed by atoms with Gasteiger partial charge in [-0.15, -0.1) is 0 Å². The van der Waals surface area contributed by atoms with Crippen molar-refractivity contribution in [3.8, 4) is 0 Å². The molecule has 13 heteroatoms. The summed E-state index contributed by atoms with van der Waals surface area (Å²) in [4.78, 5) is 22.8. The first-order chi connectivity index (χ1) is 14.4. The molecule has 1 fully saturated rings. The number of aliphatic hydroxyl groups is 3. The molecule has 1 aromatic carbocycles. The van der Waals surface area contributed by atoms with E-state index in [4.69, 9.17) is 22.1 Å². The lowest BCUT2D eigenvalue weighted by atomic mass is 10.1. The second-order valence-electron chi connectivity index (χ2n) is 6.58. The van der Waals surface area contributed by atoms with Crippen molar-refractivity contribution in [1.82, 2.24) is 19.5 Å². The van der Waals surface area contributed by atoms with E-state index in [2.05, 4.69) is 25.5 Å². The fraction of sp³-hybridized carbons (Fsp3) is 0.294. The molecule has 0 spiro atoms. The van der Waals surface area contributed by atoms with E-state index in [0.717, 1.165) is 5.56 Å². The van der Waals surface area contributed by atoms with Gasteiger partial charge in [-0.3, -0.25) is 14.3 Å². The molecule has 0 unspecified atom stereocenters. The van der Waals surface area contributed by atoms with Crippen molar-refractivity contribution in [2.24, 2.45) is 5.10 Å². The smallest absolute Gasteiger partial charge is 0.280 e. The molecule has 0 radical (unpaired) electrons. The molecular weight excluding hydrogens is 418 g/mol. The topological polar surface area (TPSA) is 184 Å². The Morgan fingerprint density at radius 2 is 2.03 bits per heavy atom. The summed E-state index contributed by atoms with van der Waals surface area (Å²) >= 11 is 5.86. The van der Waals surface area contributed by atoms with Crippen LogP contribution in [0.1, 0.15) is 11.8 Å². The number of aromatic nitrogens is 4. The molecule has 3 aromatic rings. The van der Waals surface area contributed by atoms with E-state index in [9.17, 15) is 20.1 Å². The first-order valence-electron chi connectivity index (χ1n) is 8.84. The van der Waals surface area contributed by atoms with Crippen molar-refractivity contribution in [2.45, 2.75) is 24.5 Å². The summed E-state index contributed by atoms with van der Waals surface area (Å²) in [5.74, 6) is -0.162. The van der Waals surface area contributed by atoms with Crippen molar-refractivity contribution in [3.05, 3.63) is 45.2 Å². The van der Waals surface area contributed by atoms with Gasteiger partial charge in [-0.1, -0.05) is 23.7 Å². The lowest BCUT2D eigenvalue weighted by molar-refractivity contribution is -0.0501. The van der Waals surface area contributed by atoms with Gasteiger partial charge in [-0.05, 0) is 17.7 Å². The lowest BCUT2D eigenvalue weighted by Crippen LogP contribution is -2.33. The third-order valence-electron chi connectivity index (χ3n) is 4.59. The van der Waals surface area contributed by atoms with Gasteiger partial charge in [0.05, 0.1) is 12.8 Å². The molecule has 4 rings (SSSR count). The summed E-state index contributed by atoms with van der Waals surface area (Å²) < 4.78 is 6.81. The Morgan fingerprint density at radius 1 is 1.30 bits per heavy atom. The fourth-order valence-corrected chi connectivity index (χ4v) is 3.25.